The van der Waals surface area contributed by atoms with Crippen molar-refractivity contribution in [1.29, 1.82) is 0 Å². The summed E-state index contributed by atoms with van der Waals surface area (Å²) < 4.78 is 38.6. The van der Waals surface area contributed by atoms with Crippen molar-refractivity contribution in [2.45, 2.75) is 19.0 Å². The maximum Gasteiger partial charge on any atom is 0.416 e. The maximum absolute atomic E-state index is 12.9. The highest BCUT2D eigenvalue weighted by molar-refractivity contribution is 5.97. The standard InChI is InChI=1S/C17H17F3N2O/c1-11(12-6-4-3-5-7-12)16(23)22(2)15-9-13(17(18,19)20)8-14(21)10-15/h3-11H,21H2,1-2H3. The number of nitrogen functional groups attached to an aromatic ring is 1. The van der Waals surface area contributed by atoms with E-state index in [4.69, 9.17) is 5.73 Å². The number of benzene rings is 2. The molecule has 23 heavy (non-hydrogen) atoms. The van der Waals surface area contributed by atoms with Gasteiger partial charge in [0, 0.05) is 18.4 Å². The number of nitrogens with zero attached hydrogens (tertiary/aromatic N) is 1. The SMILES string of the molecule is CC(C(=O)N(C)c1cc(N)cc(C(F)(F)F)c1)c1ccccc1. The van der Waals surface area contributed by atoms with Crippen molar-refractivity contribution in [3.63, 3.8) is 0 Å². The van der Waals surface area contributed by atoms with Crippen LogP contribution in [0, 0.1) is 0 Å². The number of likely N-dealkylation sites (N-methyl/N-ethyl adjacent to an activating group) is 1. The van der Waals surface area contributed by atoms with Crippen molar-refractivity contribution in [3.05, 3.63) is 59.7 Å². The third-order valence-electron chi connectivity index (χ3n) is 3.66. The molecule has 1 unspecified atom stereocenters. The third kappa shape index (κ3) is 3.83. The molecule has 122 valence electrons. The highest BCUT2D eigenvalue weighted by Crippen LogP contribution is 2.34. The summed E-state index contributed by atoms with van der Waals surface area (Å²) in [5, 5.41) is 0. The molecule has 1 atom stereocenters. The van der Waals surface area contributed by atoms with Gasteiger partial charge in [0.25, 0.3) is 0 Å². The average Bonchev–Trinajstić information content (AvgIpc) is 2.52. The fourth-order valence-electron chi connectivity index (χ4n) is 2.29. The predicted molar refractivity (Wildman–Crippen MR) is 84.1 cm³/mol. The van der Waals surface area contributed by atoms with Crippen molar-refractivity contribution in [3.8, 4) is 0 Å². The molecule has 0 aliphatic carbocycles. The van der Waals surface area contributed by atoms with Gasteiger partial charge in [-0.2, -0.15) is 13.2 Å². The molecule has 0 heterocycles. The molecule has 0 spiro atoms. The van der Waals surface area contributed by atoms with Gasteiger partial charge in [-0.3, -0.25) is 4.79 Å². The second-order valence-corrected chi connectivity index (χ2v) is 5.34. The normalized spacial score (nSPS) is 12.7. The number of hydrogen-bond acceptors (Lipinski definition) is 2. The maximum atomic E-state index is 12.9. The molecule has 0 radical (unpaired) electrons. The first-order valence-electron chi connectivity index (χ1n) is 7.00. The Hall–Kier alpha value is -2.50. The first-order valence-corrected chi connectivity index (χ1v) is 7.00. The number of carbonyl (C=O) groups is 1. The summed E-state index contributed by atoms with van der Waals surface area (Å²) in [5.41, 5.74) is 5.54. The summed E-state index contributed by atoms with van der Waals surface area (Å²) in [5.74, 6) is -0.785. The van der Waals surface area contributed by atoms with Gasteiger partial charge in [0.05, 0.1) is 11.5 Å². The van der Waals surface area contributed by atoms with Gasteiger partial charge >= 0.3 is 6.18 Å². The first-order chi connectivity index (χ1) is 10.7. The Balaban J connectivity index is 2.31. The molecule has 3 nitrogen and oxygen atoms in total. The lowest BCUT2D eigenvalue weighted by Crippen LogP contribution is -2.30. The van der Waals surface area contributed by atoms with Crippen LogP contribution in [0.4, 0.5) is 24.5 Å². The molecule has 2 aromatic rings. The number of hydrogen-bond donors (Lipinski definition) is 1. The van der Waals surface area contributed by atoms with Gasteiger partial charge < -0.3 is 10.6 Å². The number of rotatable bonds is 3. The van der Waals surface area contributed by atoms with Gasteiger partial charge in [-0.15, -0.1) is 0 Å². The number of halogens is 3. The summed E-state index contributed by atoms with van der Waals surface area (Å²) in [7, 11) is 1.44. The van der Waals surface area contributed by atoms with Crippen LogP contribution in [0.5, 0.6) is 0 Å². The smallest absolute Gasteiger partial charge is 0.399 e. The number of anilines is 2. The van der Waals surface area contributed by atoms with E-state index in [0.29, 0.717) is 0 Å². The van der Waals surface area contributed by atoms with Gasteiger partial charge in [0.1, 0.15) is 0 Å². The van der Waals surface area contributed by atoms with E-state index in [1.807, 2.05) is 6.07 Å². The minimum atomic E-state index is -4.51. The largest absolute Gasteiger partial charge is 0.416 e. The fourth-order valence-corrected chi connectivity index (χ4v) is 2.29. The summed E-state index contributed by atoms with van der Waals surface area (Å²) in [6, 6.07) is 12.2. The first kappa shape index (κ1) is 16.9. The van der Waals surface area contributed by atoms with E-state index >= 15 is 0 Å². The topological polar surface area (TPSA) is 46.3 Å². The zero-order chi connectivity index (χ0) is 17.2. The third-order valence-corrected chi connectivity index (χ3v) is 3.66. The Labute approximate surface area is 132 Å². The van der Waals surface area contributed by atoms with E-state index in [1.165, 1.54) is 18.0 Å². The fraction of sp³-hybridized carbons (Fsp3) is 0.235. The zero-order valence-corrected chi connectivity index (χ0v) is 12.8. The van der Waals surface area contributed by atoms with Gasteiger partial charge in [-0.05, 0) is 30.7 Å². The van der Waals surface area contributed by atoms with Crippen LogP contribution in [0.25, 0.3) is 0 Å². The number of amides is 1. The Kier molecular flexibility index (Phi) is 4.63. The van der Waals surface area contributed by atoms with E-state index in [2.05, 4.69) is 0 Å². The number of alkyl halides is 3. The molecule has 0 aromatic heterocycles. The molecule has 1 amide bonds. The van der Waals surface area contributed by atoms with E-state index in [-0.39, 0.29) is 17.3 Å². The molecule has 0 bridgehead atoms. The second kappa shape index (κ2) is 6.32. The van der Waals surface area contributed by atoms with Crippen molar-refractivity contribution in [1.82, 2.24) is 0 Å². The van der Waals surface area contributed by atoms with Crippen molar-refractivity contribution < 1.29 is 18.0 Å². The van der Waals surface area contributed by atoms with E-state index in [9.17, 15) is 18.0 Å². The lowest BCUT2D eigenvalue weighted by atomic mass is 9.99. The van der Waals surface area contributed by atoms with Gasteiger partial charge in [-0.1, -0.05) is 30.3 Å². The Morgan fingerprint density at radius 2 is 1.74 bits per heavy atom. The van der Waals surface area contributed by atoms with E-state index < -0.39 is 17.7 Å². The molecule has 0 aliphatic heterocycles. The van der Waals surface area contributed by atoms with Crippen molar-refractivity contribution >= 4 is 17.3 Å². The van der Waals surface area contributed by atoms with Crippen LogP contribution in [0.2, 0.25) is 0 Å². The molecule has 2 N–H and O–H groups in total. The van der Waals surface area contributed by atoms with Gasteiger partial charge in [-0.25, -0.2) is 0 Å². The van der Waals surface area contributed by atoms with Crippen LogP contribution >= 0.6 is 0 Å². The molecule has 2 rings (SSSR count). The summed E-state index contributed by atoms with van der Waals surface area (Å²) >= 11 is 0. The Bertz CT molecular complexity index is 699. The Morgan fingerprint density at radius 1 is 1.13 bits per heavy atom. The van der Waals surface area contributed by atoms with Crippen LogP contribution in [0.15, 0.2) is 48.5 Å². The molecular formula is C17H17F3N2O. The van der Waals surface area contributed by atoms with Crippen LogP contribution < -0.4 is 10.6 Å². The van der Waals surface area contributed by atoms with Crippen LogP contribution in [-0.4, -0.2) is 13.0 Å². The lowest BCUT2D eigenvalue weighted by molar-refractivity contribution is -0.137. The summed E-state index contributed by atoms with van der Waals surface area (Å²) in [6.07, 6.45) is -4.51. The van der Waals surface area contributed by atoms with Crippen molar-refractivity contribution in [2.75, 3.05) is 17.7 Å². The zero-order valence-electron chi connectivity index (χ0n) is 12.8. The molecule has 2 aromatic carbocycles. The van der Waals surface area contributed by atoms with Crippen LogP contribution in [-0.2, 0) is 11.0 Å². The number of carbonyl (C=O) groups excluding carboxylic acids is 1. The summed E-state index contributed by atoms with van der Waals surface area (Å²) in [6.45, 7) is 1.71. The van der Waals surface area contributed by atoms with Gasteiger partial charge in [0.15, 0.2) is 0 Å². The Morgan fingerprint density at radius 3 is 2.30 bits per heavy atom. The lowest BCUT2D eigenvalue weighted by Gasteiger charge is -2.23. The number of nitrogens with two attached hydrogens (primary N) is 1. The average molecular weight is 322 g/mol. The molecular weight excluding hydrogens is 305 g/mol. The molecule has 0 saturated heterocycles. The molecule has 0 saturated carbocycles. The van der Waals surface area contributed by atoms with E-state index in [1.54, 1.807) is 31.2 Å². The van der Waals surface area contributed by atoms with Crippen molar-refractivity contribution in [2.24, 2.45) is 0 Å². The van der Waals surface area contributed by atoms with Crippen LogP contribution in [0.3, 0.4) is 0 Å². The minimum Gasteiger partial charge on any atom is -0.399 e. The van der Waals surface area contributed by atoms with E-state index in [0.717, 1.165) is 17.7 Å². The predicted octanol–water partition coefficient (Wildman–Crippen LogP) is 4.05. The minimum absolute atomic E-state index is 0.0400. The monoisotopic (exact) mass is 322 g/mol. The quantitative estimate of drug-likeness (QED) is 0.867. The molecule has 0 aliphatic rings. The second-order valence-electron chi connectivity index (χ2n) is 5.34. The van der Waals surface area contributed by atoms with Crippen LogP contribution in [0.1, 0.15) is 24.0 Å². The molecule has 6 heteroatoms. The molecule has 0 fully saturated rings. The van der Waals surface area contributed by atoms with Gasteiger partial charge in [0.2, 0.25) is 5.91 Å². The highest BCUT2D eigenvalue weighted by atomic mass is 19.4. The highest BCUT2D eigenvalue weighted by Gasteiger charge is 2.32. The summed E-state index contributed by atoms with van der Waals surface area (Å²) in [4.78, 5) is 13.7.